The summed E-state index contributed by atoms with van der Waals surface area (Å²) in [4.78, 5) is 49.5. The molecule has 1 atom stereocenters. The normalized spacial score (nSPS) is 18.6. The Hall–Kier alpha value is -3.42. The van der Waals surface area contributed by atoms with Gasteiger partial charge in [-0.2, -0.15) is 0 Å². The summed E-state index contributed by atoms with van der Waals surface area (Å²) in [5, 5.41) is 7.28. The number of fused-ring (bicyclic) bond motifs is 1. The Labute approximate surface area is 168 Å². The van der Waals surface area contributed by atoms with Gasteiger partial charge in [-0.1, -0.05) is 36.4 Å². The Morgan fingerprint density at radius 2 is 1.86 bits per heavy atom. The molecule has 1 aliphatic rings. The molecular weight excluding hydrogens is 374 g/mol. The first-order valence-corrected chi connectivity index (χ1v) is 9.32. The molecule has 0 spiro atoms. The Morgan fingerprint density at radius 3 is 2.59 bits per heavy atom. The molecule has 1 heterocycles. The molecule has 0 saturated carbocycles. The average molecular weight is 397 g/mol. The molecule has 2 aromatic rings. The van der Waals surface area contributed by atoms with Crippen molar-refractivity contribution < 1.29 is 23.9 Å². The predicted molar refractivity (Wildman–Crippen MR) is 106 cm³/mol. The maximum atomic E-state index is 13.0. The molecule has 8 nitrogen and oxygen atoms in total. The van der Waals surface area contributed by atoms with E-state index in [1.165, 1.54) is 7.11 Å². The highest BCUT2D eigenvalue weighted by Crippen LogP contribution is 2.30. The second-order valence-corrected chi connectivity index (χ2v) is 7.04. The van der Waals surface area contributed by atoms with Crippen molar-refractivity contribution >= 4 is 34.6 Å². The quantitative estimate of drug-likeness (QED) is 0.420. The highest BCUT2D eigenvalue weighted by atomic mass is 16.5. The van der Waals surface area contributed by atoms with E-state index in [0.29, 0.717) is 12.0 Å². The first-order chi connectivity index (χ1) is 13.8. The zero-order valence-electron chi connectivity index (χ0n) is 16.4. The van der Waals surface area contributed by atoms with E-state index < -0.39 is 23.4 Å². The molecule has 29 heavy (non-hydrogen) atoms. The summed E-state index contributed by atoms with van der Waals surface area (Å²) < 4.78 is 4.53. The van der Waals surface area contributed by atoms with Gasteiger partial charge in [-0.25, -0.2) is 4.79 Å². The maximum absolute atomic E-state index is 13.0. The third-order valence-electron chi connectivity index (χ3n) is 5.01. The Bertz CT molecular complexity index is 974. The molecule has 2 aromatic carbocycles. The van der Waals surface area contributed by atoms with E-state index in [0.717, 1.165) is 15.7 Å². The van der Waals surface area contributed by atoms with Crippen LogP contribution in [0.2, 0.25) is 0 Å². The van der Waals surface area contributed by atoms with Gasteiger partial charge in [-0.05, 0) is 35.7 Å². The Kier molecular flexibility index (Phi) is 5.81. The van der Waals surface area contributed by atoms with Gasteiger partial charge in [-0.15, -0.1) is 0 Å². The minimum atomic E-state index is -1.24. The fraction of sp³-hybridized carbons (Fsp3) is 0.333. The van der Waals surface area contributed by atoms with Crippen LogP contribution in [0.3, 0.4) is 0 Å². The van der Waals surface area contributed by atoms with Crippen LogP contribution in [0.5, 0.6) is 0 Å². The summed E-state index contributed by atoms with van der Waals surface area (Å²) in [5.74, 6) is -1.32. The summed E-state index contributed by atoms with van der Waals surface area (Å²) in [6.07, 6.45) is 0.591. The van der Waals surface area contributed by atoms with Gasteiger partial charge in [0.1, 0.15) is 12.1 Å². The number of amides is 4. The zero-order valence-corrected chi connectivity index (χ0v) is 16.4. The van der Waals surface area contributed by atoms with E-state index in [4.69, 9.17) is 0 Å². The molecule has 1 aliphatic heterocycles. The SMILES string of the molecule is COC(=O)CCCNC(=O)CN1C(=O)NC(C)(c2ccc3ccccc3c2)C1=O. The average Bonchev–Trinajstić information content (AvgIpc) is 2.94. The minimum absolute atomic E-state index is 0.181. The molecule has 8 heteroatoms. The molecule has 2 N–H and O–H groups in total. The third kappa shape index (κ3) is 4.21. The molecule has 4 amide bonds. The number of nitrogens with zero attached hydrogens (tertiary/aromatic N) is 1. The summed E-state index contributed by atoms with van der Waals surface area (Å²) in [6.45, 7) is 1.50. The van der Waals surface area contributed by atoms with Crippen LogP contribution in [0.15, 0.2) is 42.5 Å². The molecule has 1 fully saturated rings. The van der Waals surface area contributed by atoms with Crippen LogP contribution in [0.25, 0.3) is 10.8 Å². The largest absolute Gasteiger partial charge is 0.469 e. The highest BCUT2D eigenvalue weighted by molar-refractivity contribution is 6.09. The van der Waals surface area contributed by atoms with E-state index in [1.54, 1.807) is 13.0 Å². The van der Waals surface area contributed by atoms with Crippen molar-refractivity contribution in [3.8, 4) is 0 Å². The van der Waals surface area contributed by atoms with Gasteiger partial charge in [0, 0.05) is 13.0 Å². The molecule has 0 radical (unpaired) electrons. The lowest BCUT2D eigenvalue weighted by Crippen LogP contribution is -2.43. The van der Waals surface area contributed by atoms with Gasteiger partial charge in [0.15, 0.2) is 0 Å². The predicted octanol–water partition coefficient (Wildman–Crippen LogP) is 1.68. The fourth-order valence-corrected chi connectivity index (χ4v) is 3.30. The van der Waals surface area contributed by atoms with E-state index in [9.17, 15) is 19.2 Å². The summed E-state index contributed by atoms with van der Waals surface area (Å²) in [6, 6.07) is 12.7. The van der Waals surface area contributed by atoms with Gasteiger partial charge < -0.3 is 15.4 Å². The van der Waals surface area contributed by atoms with Crippen LogP contribution in [-0.4, -0.2) is 48.9 Å². The topological polar surface area (TPSA) is 105 Å². The minimum Gasteiger partial charge on any atom is -0.469 e. The summed E-state index contributed by atoms with van der Waals surface area (Å²) >= 11 is 0. The number of ether oxygens (including phenoxy) is 1. The summed E-state index contributed by atoms with van der Waals surface area (Å²) in [7, 11) is 1.30. The van der Waals surface area contributed by atoms with Crippen molar-refractivity contribution in [3.05, 3.63) is 48.0 Å². The lowest BCUT2D eigenvalue weighted by atomic mass is 9.90. The lowest BCUT2D eigenvalue weighted by Gasteiger charge is -2.22. The maximum Gasteiger partial charge on any atom is 0.325 e. The van der Waals surface area contributed by atoms with Crippen LogP contribution in [0.4, 0.5) is 4.79 Å². The van der Waals surface area contributed by atoms with Gasteiger partial charge in [-0.3, -0.25) is 19.3 Å². The number of carbonyl (C=O) groups is 4. The van der Waals surface area contributed by atoms with Crippen LogP contribution in [0.1, 0.15) is 25.3 Å². The number of esters is 1. The van der Waals surface area contributed by atoms with Crippen molar-refractivity contribution in [2.24, 2.45) is 0 Å². The smallest absolute Gasteiger partial charge is 0.325 e. The third-order valence-corrected chi connectivity index (χ3v) is 5.01. The Morgan fingerprint density at radius 1 is 1.14 bits per heavy atom. The van der Waals surface area contributed by atoms with E-state index in [-0.39, 0.29) is 25.5 Å². The molecule has 0 bridgehead atoms. The standard InChI is InChI=1S/C21H23N3O5/c1-21(16-10-9-14-6-3-4-7-15(14)12-16)19(27)24(20(28)23-21)13-17(25)22-11-5-8-18(26)29-2/h3-4,6-7,9-10,12H,5,8,11,13H2,1-2H3,(H,22,25)(H,23,28). The molecule has 1 saturated heterocycles. The summed E-state index contributed by atoms with van der Waals surface area (Å²) in [5.41, 5.74) is -0.595. The Balaban J connectivity index is 1.66. The van der Waals surface area contributed by atoms with E-state index in [1.807, 2.05) is 36.4 Å². The lowest BCUT2D eigenvalue weighted by molar-refractivity contribution is -0.140. The van der Waals surface area contributed by atoms with Crippen molar-refractivity contribution in [1.29, 1.82) is 0 Å². The van der Waals surface area contributed by atoms with Gasteiger partial charge in [0.2, 0.25) is 5.91 Å². The second-order valence-electron chi connectivity index (χ2n) is 7.04. The van der Waals surface area contributed by atoms with Crippen LogP contribution in [-0.2, 0) is 24.7 Å². The monoisotopic (exact) mass is 397 g/mol. The van der Waals surface area contributed by atoms with Gasteiger partial charge >= 0.3 is 12.0 Å². The van der Waals surface area contributed by atoms with Crippen molar-refractivity contribution in [3.63, 3.8) is 0 Å². The molecule has 0 aliphatic carbocycles. The van der Waals surface area contributed by atoms with Crippen LogP contribution < -0.4 is 10.6 Å². The zero-order chi connectivity index (χ0) is 21.0. The number of rotatable bonds is 7. The number of urea groups is 1. The molecule has 0 aromatic heterocycles. The van der Waals surface area contributed by atoms with Crippen molar-refractivity contribution in [1.82, 2.24) is 15.5 Å². The highest BCUT2D eigenvalue weighted by Gasteiger charge is 2.49. The number of methoxy groups -OCH3 is 1. The second kappa shape index (κ2) is 8.30. The van der Waals surface area contributed by atoms with Crippen LogP contribution in [0, 0.1) is 0 Å². The van der Waals surface area contributed by atoms with Crippen molar-refractivity contribution in [2.45, 2.75) is 25.3 Å². The van der Waals surface area contributed by atoms with Crippen molar-refractivity contribution in [2.75, 3.05) is 20.2 Å². The number of carbonyl (C=O) groups excluding carboxylic acids is 4. The number of nitrogens with one attached hydrogen (secondary N) is 2. The molecule has 152 valence electrons. The number of hydrogen-bond acceptors (Lipinski definition) is 5. The molecule has 1 unspecified atom stereocenters. The first kappa shape index (κ1) is 20.3. The first-order valence-electron chi connectivity index (χ1n) is 9.32. The molecular formula is C21H23N3O5. The number of hydrogen-bond donors (Lipinski definition) is 2. The fourth-order valence-electron chi connectivity index (χ4n) is 3.30. The van der Waals surface area contributed by atoms with E-state index >= 15 is 0 Å². The van der Waals surface area contributed by atoms with E-state index in [2.05, 4.69) is 15.4 Å². The number of imide groups is 1. The molecule has 3 rings (SSSR count). The van der Waals surface area contributed by atoms with Gasteiger partial charge in [0.25, 0.3) is 5.91 Å². The van der Waals surface area contributed by atoms with Gasteiger partial charge in [0.05, 0.1) is 7.11 Å². The van der Waals surface area contributed by atoms with Crippen LogP contribution >= 0.6 is 0 Å². The number of benzene rings is 2.